The number of nitrogens with zero attached hydrogens (tertiary/aromatic N) is 3. The van der Waals surface area contributed by atoms with Crippen LogP contribution in [-0.2, 0) is 38.4 Å². The van der Waals surface area contributed by atoms with E-state index >= 15 is 0 Å². The number of aromatic nitrogens is 4. The molecule has 16 heteroatoms. The van der Waals surface area contributed by atoms with Gasteiger partial charge in [0.05, 0.1) is 57.6 Å². The van der Waals surface area contributed by atoms with Crippen LogP contribution in [0.4, 0.5) is 0 Å². The van der Waals surface area contributed by atoms with E-state index in [9.17, 15) is 34.2 Å². The van der Waals surface area contributed by atoms with Gasteiger partial charge in [-0.15, -0.1) is 0 Å². The number of likely N-dealkylation sites (N-methyl/N-ethyl adjacent to an activating group) is 1. The number of hydrogen-bond acceptors (Lipinski definition) is 10. The Morgan fingerprint density at radius 2 is 1.33 bits per heavy atom. The lowest BCUT2D eigenvalue weighted by Crippen LogP contribution is -2.51. The van der Waals surface area contributed by atoms with Gasteiger partial charge in [0.15, 0.2) is 11.2 Å². The van der Waals surface area contributed by atoms with Crippen LogP contribution in [0.25, 0.3) is 0 Å². The first kappa shape index (κ1) is 38.7. The average molecular weight is 711 g/mol. The van der Waals surface area contributed by atoms with E-state index < -0.39 is 36.0 Å². The number of nitrogens with one attached hydrogen (secondary N) is 3. The SMILES string of the molecule is CC(=O)Sc1nc[nH]c1C[C@H](NC(=O)[C@@H](N)Cc1ccccc1)C(=O)O.C[N+](C)(C)C(Cc1[nH]cnc1SC(=O)c1ccccc1)C(=O)O. The van der Waals surface area contributed by atoms with Crippen LogP contribution in [-0.4, -0.2) is 102 Å². The first-order valence-corrected chi connectivity index (χ1v) is 16.7. The van der Waals surface area contributed by atoms with Crippen LogP contribution < -0.4 is 11.1 Å². The van der Waals surface area contributed by atoms with E-state index in [4.69, 9.17) is 5.73 Å². The maximum atomic E-state index is 12.3. The number of quaternary nitrogens is 1. The molecule has 2 aromatic carbocycles. The minimum atomic E-state index is -1.20. The summed E-state index contributed by atoms with van der Waals surface area (Å²) in [5.74, 6) is -2.63. The van der Waals surface area contributed by atoms with E-state index in [1.54, 1.807) is 24.3 Å². The average Bonchev–Trinajstić information content (AvgIpc) is 3.68. The molecule has 0 bridgehead atoms. The zero-order chi connectivity index (χ0) is 36.1. The van der Waals surface area contributed by atoms with Crippen molar-refractivity contribution in [1.29, 1.82) is 0 Å². The fraction of sp³-hybridized carbons (Fsp3) is 0.303. The number of hydrogen-bond donors (Lipinski definition) is 6. The predicted molar refractivity (Wildman–Crippen MR) is 185 cm³/mol. The van der Waals surface area contributed by atoms with Gasteiger partial charge in [-0.05, 0) is 35.5 Å². The number of carboxylic acid groups (broad SMARTS) is 2. The number of aliphatic carboxylic acids is 2. The Morgan fingerprint density at radius 3 is 1.84 bits per heavy atom. The molecule has 3 atom stereocenters. The Morgan fingerprint density at radius 1 is 0.796 bits per heavy atom. The summed E-state index contributed by atoms with van der Waals surface area (Å²) in [5, 5.41) is 21.9. The van der Waals surface area contributed by atoms with Crippen LogP contribution in [0.15, 0.2) is 83.4 Å². The van der Waals surface area contributed by atoms with Crippen molar-refractivity contribution >= 4 is 51.6 Å². The molecular formula is C33H40N7O7S2+. The fourth-order valence-corrected chi connectivity index (χ4v) is 5.92. The highest BCUT2D eigenvalue weighted by Gasteiger charge is 2.33. The maximum Gasteiger partial charge on any atom is 0.362 e. The van der Waals surface area contributed by atoms with E-state index in [2.05, 4.69) is 25.3 Å². The van der Waals surface area contributed by atoms with Gasteiger partial charge in [0.2, 0.25) is 11.0 Å². The van der Waals surface area contributed by atoms with E-state index in [-0.39, 0.29) is 27.6 Å². The summed E-state index contributed by atoms with van der Waals surface area (Å²) in [6, 6.07) is 15.5. The number of thioether (sulfide) groups is 2. The van der Waals surface area contributed by atoms with E-state index in [1.165, 1.54) is 19.6 Å². The van der Waals surface area contributed by atoms with Gasteiger partial charge in [0.1, 0.15) is 16.1 Å². The molecule has 1 amide bonds. The van der Waals surface area contributed by atoms with Gasteiger partial charge < -0.3 is 35.7 Å². The number of nitrogens with two attached hydrogens (primary N) is 1. The van der Waals surface area contributed by atoms with Gasteiger partial charge in [0.25, 0.3) is 0 Å². The van der Waals surface area contributed by atoms with Crippen LogP contribution in [0, 0.1) is 0 Å². The van der Waals surface area contributed by atoms with Gasteiger partial charge in [0, 0.05) is 18.9 Å². The van der Waals surface area contributed by atoms with E-state index in [0.29, 0.717) is 33.4 Å². The van der Waals surface area contributed by atoms with Crippen molar-refractivity contribution in [2.45, 2.75) is 54.4 Å². The summed E-state index contributed by atoms with van der Waals surface area (Å²) in [4.78, 5) is 72.7. The monoisotopic (exact) mass is 710 g/mol. The standard InChI is InChI=1S/C17H20N4O4S.C16H19N3O3S/c1-10(22)26-16-13(19-9-20-16)8-14(17(24)25)21-15(23)12(18)7-11-5-3-2-4-6-11;1-19(2,3)13(15(20)21)9-12-14(18-10-17-12)23-16(22)11-7-5-4-6-8-11/h2-6,9,12,14H,7-8,18H2,1H3,(H,19,20)(H,21,23)(H,24,25);4-8,10,13H,9H2,1-3H3,(H-,17,18,20,21)/p+1/t12-,14-;/m0./s1. The van der Waals surface area contributed by atoms with Crippen LogP contribution in [0.3, 0.4) is 0 Å². The Kier molecular flexibility index (Phi) is 14.3. The lowest BCUT2D eigenvalue weighted by molar-refractivity contribution is -0.887. The van der Waals surface area contributed by atoms with Crippen molar-refractivity contribution < 1.29 is 38.7 Å². The van der Waals surface area contributed by atoms with Crippen molar-refractivity contribution in [1.82, 2.24) is 25.3 Å². The van der Waals surface area contributed by atoms with Crippen molar-refractivity contribution in [2.75, 3.05) is 21.1 Å². The summed E-state index contributed by atoms with van der Waals surface area (Å²) >= 11 is 1.91. The molecule has 14 nitrogen and oxygen atoms in total. The molecule has 0 aliphatic carbocycles. The zero-order valence-electron chi connectivity index (χ0n) is 27.5. The van der Waals surface area contributed by atoms with Gasteiger partial charge >= 0.3 is 11.9 Å². The Labute approximate surface area is 291 Å². The molecule has 7 N–H and O–H groups in total. The summed E-state index contributed by atoms with van der Waals surface area (Å²) < 4.78 is 0.283. The highest BCUT2D eigenvalue weighted by atomic mass is 32.2. The molecule has 0 aliphatic heterocycles. The van der Waals surface area contributed by atoms with Crippen molar-refractivity contribution in [3.05, 3.63) is 95.8 Å². The van der Waals surface area contributed by atoms with Crippen LogP contribution in [0.5, 0.6) is 0 Å². The Hall–Kier alpha value is -4.77. The second-order valence-corrected chi connectivity index (χ2v) is 13.9. The molecule has 0 saturated heterocycles. The Bertz CT molecular complexity index is 1720. The van der Waals surface area contributed by atoms with Crippen molar-refractivity contribution in [3.63, 3.8) is 0 Å². The number of carbonyl (C=O) groups is 5. The molecule has 2 heterocycles. The molecule has 260 valence electrons. The topological polar surface area (TPSA) is 221 Å². The number of carbonyl (C=O) groups excluding carboxylic acids is 3. The number of H-pyrrole nitrogens is 2. The van der Waals surface area contributed by atoms with Crippen LogP contribution in [0.2, 0.25) is 0 Å². The zero-order valence-corrected chi connectivity index (χ0v) is 29.1. The third-order valence-corrected chi connectivity index (χ3v) is 8.87. The van der Waals surface area contributed by atoms with Crippen LogP contribution in [0.1, 0.15) is 34.2 Å². The number of carboxylic acids is 2. The van der Waals surface area contributed by atoms with Gasteiger partial charge in [-0.3, -0.25) is 14.4 Å². The first-order valence-electron chi connectivity index (χ1n) is 15.0. The third-order valence-electron chi connectivity index (χ3n) is 7.07. The van der Waals surface area contributed by atoms with Crippen LogP contribution >= 0.6 is 23.5 Å². The van der Waals surface area contributed by atoms with E-state index in [1.807, 2.05) is 57.5 Å². The number of imidazole rings is 2. The highest BCUT2D eigenvalue weighted by molar-refractivity contribution is 8.14. The smallest absolute Gasteiger partial charge is 0.362 e. The number of aromatic amines is 2. The molecule has 4 aromatic rings. The summed E-state index contributed by atoms with van der Waals surface area (Å²) in [6.45, 7) is 1.39. The van der Waals surface area contributed by atoms with E-state index in [0.717, 1.165) is 29.1 Å². The minimum absolute atomic E-state index is 0.0330. The maximum absolute atomic E-state index is 12.3. The molecule has 4 rings (SSSR count). The lowest BCUT2D eigenvalue weighted by Gasteiger charge is -2.30. The summed E-state index contributed by atoms with van der Waals surface area (Å²) in [5.41, 5.74) is 8.50. The van der Waals surface area contributed by atoms with Crippen molar-refractivity contribution in [3.8, 4) is 0 Å². The fourth-order valence-electron chi connectivity index (χ4n) is 4.47. The molecule has 0 spiro atoms. The molecule has 49 heavy (non-hydrogen) atoms. The number of amides is 1. The van der Waals surface area contributed by atoms with Gasteiger partial charge in [-0.25, -0.2) is 19.6 Å². The van der Waals surface area contributed by atoms with Crippen molar-refractivity contribution in [2.24, 2.45) is 5.73 Å². The highest BCUT2D eigenvalue weighted by Crippen LogP contribution is 2.26. The lowest BCUT2D eigenvalue weighted by atomic mass is 10.1. The minimum Gasteiger partial charge on any atom is -0.480 e. The largest absolute Gasteiger partial charge is 0.480 e. The molecular weight excluding hydrogens is 671 g/mol. The molecule has 2 aromatic heterocycles. The molecule has 0 radical (unpaired) electrons. The number of rotatable bonds is 14. The second-order valence-electron chi connectivity index (χ2n) is 11.8. The third kappa shape index (κ3) is 12.3. The second kappa shape index (κ2) is 18.1. The summed E-state index contributed by atoms with van der Waals surface area (Å²) in [6.07, 6.45) is 3.42. The predicted octanol–water partition coefficient (Wildman–Crippen LogP) is 2.77. The molecule has 0 fully saturated rings. The van der Waals surface area contributed by atoms with Gasteiger partial charge in [-0.2, -0.15) is 0 Å². The quantitative estimate of drug-likeness (QED) is 0.0822. The normalized spacial score (nSPS) is 12.9. The molecule has 0 aliphatic rings. The van der Waals surface area contributed by atoms with Gasteiger partial charge in [-0.1, -0.05) is 60.7 Å². The number of benzene rings is 2. The summed E-state index contributed by atoms with van der Waals surface area (Å²) in [7, 11) is 5.49. The first-order chi connectivity index (χ1) is 23.1. The Balaban J connectivity index is 0.000000267. The molecule has 0 saturated carbocycles. The molecule has 1 unspecified atom stereocenters.